The van der Waals surface area contributed by atoms with Gasteiger partial charge in [-0.05, 0) is 18.4 Å². The summed E-state index contributed by atoms with van der Waals surface area (Å²) < 4.78 is 5.62. The second-order valence-corrected chi connectivity index (χ2v) is 6.76. The van der Waals surface area contributed by atoms with E-state index in [1.165, 1.54) is 0 Å². The van der Waals surface area contributed by atoms with Gasteiger partial charge in [-0.15, -0.1) is 0 Å². The summed E-state index contributed by atoms with van der Waals surface area (Å²) in [5, 5.41) is 5.88. The van der Waals surface area contributed by atoms with E-state index >= 15 is 0 Å². The number of ketones is 2. The molecule has 0 bridgehead atoms. The first-order chi connectivity index (χ1) is 14.1. The normalized spacial score (nSPS) is 14.2. The first kappa shape index (κ1) is 18.6. The van der Waals surface area contributed by atoms with Crippen LogP contribution in [0.4, 0.5) is 0 Å². The van der Waals surface area contributed by atoms with Crippen molar-refractivity contribution in [1.29, 1.82) is 0 Å². The van der Waals surface area contributed by atoms with Crippen molar-refractivity contribution in [3.8, 4) is 5.75 Å². The first-order valence-corrected chi connectivity index (χ1v) is 9.17. The van der Waals surface area contributed by atoms with Crippen LogP contribution in [0.15, 0.2) is 71.8 Å². The highest BCUT2D eigenvalue weighted by atomic mass is 16.5. The summed E-state index contributed by atoms with van der Waals surface area (Å²) in [7, 11) is 0. The molecule has 0 heterocycles. The Morgan fingerprint density at radius 2 is 1.55 bits per heavy atom. The minimum Gasteiger partial charge on any atom is -0.483 e. The summed E-state index contributed by atoms with van der Waals surface area (Å²) in [5.41, 5.74) is 3.39. The Balaban J connectivity index is 1.41. The fraction of sp³-hybridized carbons (Fsp3) is 0.130. The van der Waals surface area contributed by atoms with Gasteiger partial charge in [0.05, 0.1) is 5.71 Å². The van der Waals surface area contributed by atoms with Gasteiger partial charge >= 0.3 is 0 Å². The third-order valence-electron chi connectivity index (χ3n) is 4.87. The third-order valence-corrected chi connectivity index (χ3v) is 4.87. The number of benzene rings is 3. The van der Waals surface area contributed by atoms with Gasteiger partial charge in [0.1, 0.15) is 11.7 Å². The zero-order valence-corrected chi connectivity index (χ0v) is 15.7. The van der Waals surface area contributed by atoms with Crippen LogP contribution >= 0.6 is 0 Å². The smallest absolute Gasteiger partial charge is 0.277 e. The second kappa shape index (κ2) is 7.67. The Bertz CT molecular complexity index is 1130. The molecule has 1 N–H and O–H groups in total. The number of hydrogen-bond donors (Lipinski definition) is 1. The van der Waals surface area contributed by atoms with E-state index in [1.807, 2.05) is 36.4 Å². The molecule has 29 heavy (non-hydrogen) atoms. The van der Waals surface area contributed by atoms with Gasteiger partial charge in [0.25, 0.3) is 5.91 Å². The van der Waals surface area contributed by atoms with E-state index in [1.54, 1.807) is 37.3 Å². The highest BCUT2D eigenvalue weighted by molar-refractivity contribution is 6.36. The maximum atomic E-state index is 12.5. The maximum absolute atomic E-state index is 12.5. The van der Waals surface area contributed by atoms with Crippen LogP contribution in [-0.2, 0) is 4.79 Å². The quantitative estimate of drug-likeness (QED) is 0.414. The zero-order valence-electron chi connectivity index (χ0n) is 15.7. The minimum atomic E-state index is -0.994. The topological polar surface area (TPSA) is 84.8 Å². The molecule has 0 saturated heterocycles. The van der Waals surface area contributed by atoms with Crippen molar-refractivity contribution in [2.45, 2.75) is 6.92 Å². The molecule has 0 radical (unpaired) electrons. The van der Waals surface area contributed by atoms with Crippen molar-refractivity contribution < 1.29 is 19.1 Å². The van der Waals surface area contributed by atoms with Gasteiger partial charge in [-0.3, -0.25) is 14.4 Å². The molecule has 1 amide bonds. The molecule has 0 atom stereocenters. The minimum absolute atomic E-state index is 0.239. The molecule has 6 nitrogen and oxygen atoms in total. The van der Waals surface area contributed by atoms with Gasteiger partial charge in [0.2, 0.25) is 0 Å². The first-order valence-electron chi connectivity index (χ1n) is 9.17. The molecule has 0 fully saturated rings. The lowest BCUT2D eigenvalue weighted by Gasteiger charge is -2.09. The summed E-state index contributed by atoms with van der Waals surface area (Å²) in [4.78, 5) is 37.1. The Kier molecular flexibility index (Phi) is 4.91. The van der Waals surface area contributed by atoms with E-state index in [0.717, 1.165) is 10.8 Å². The van der Waals surface area contributed by atoms with Gasteiger partial charge < -0.3 is 4.74 Å². The molecule has 1 aliphatic carbocycles. The van der Waals surface area contributed by atoms with E-state index in [0.29, 0.717) is 16.9 Å². The lowest BCUT2D eigenvalue weighted by atomic mass is 9.99. The number of Topliss-reactive ketones (excluding diaryl/α,β-unsaturated/α-hetero) is 2. The largest absolute Gasteiger partial charge is 0.483 e. The summed E-state index contributed by atoms with van der Waals surface area (Å²) >= 11 is 0. The van der Waals surface area contributed by atoms with E-state index in [9.17, 15) is 14.4 Å². The van der Waals surface area contributed by atoms with Crippen LogP contribution in [-0.4, -0.2) is 29.8 Å². The molecule has 0 spiro atoms. The maximum Gasteiger partial charge on any atom is 0.277 e. The Hall–Kier alpha value is -3.80. The van der Waals surface area contributed by atoms with Crippen molar-refractivity contribution in [1.82, 2.24) is 5.43 Å². The van der Waals surface area contributed by atoms with Crippen molar-refractivity contribution >= 4 is 34.0 Å². The van der Waals surface area contributed by atoms with Crippen LogP contribution in [0, 0.1) is 5.92 Å². The Morgan fingerprint density at radius 3 is 2.28 bits per heavy atom. The lowest BCUT2D eigenvalue weighted by molar-refractivity contribution is -0.123. The van der Waals surface area contributed by atoms with Crippen molar-refractivity contribution in [2.24, 2.45) is 11.0 Å². The van der Waals surface area contributed by atoms with Crippen molar-refractivity contribution in [2.75, 3.05) is 6.61 Å². The molecule has 0 saturated carbocycles. The molecule has 3 aromatic rings. The molecule has 3 aromatic carbocycles. The van der Waals surface area contributed by atoms with Crippen LogP contribution in [0.25, 0.3) is 10.8 Å². The van der Waals surface area contributed by atoms with Crippen LogP contribution < -0.4 is 10.2 Å². The van der Waals surface area contributed by atoms with E-state index < -0.39 is 11.8 Å². The van der Waals surface area contributed by atoms with Crippen LogP contribution in [0.5, 0.6) is 5.75 Å². The SMILES string of the molecule is CC(=NNC(=O)COc1cccc2ccccc12)C1C(=O)c2ccccc2C1=O. The summed E-state index contributed by atoms with van der Waals surface area (Å²) in [6.07, 6.45) is 0. The molecule has 0 unspecified atom stereocenters. The molecule has 4 rings (SSSR count). The number of carbonyl (C=O) groups excluding carboxylic acids is 3. The fourth-order valence-electron chi connectivity index (χ4n) is 3.43. The monoisotopic (exact) mass is 386 g/mol. The highest BCUT2D eigenvalue weighted by Gasteiger charge is 2.40. The van der Waals surface area contributed by atoms with E-state index in [-0.39, 0.29) is 23.9 Å². The standard InChI is InChI=1S/C23H18N2O4/c1-14(21-22(27)17-10-4-5-11-18(17)23(21)28)24-25-20(26)13-29-19-12-6-8-15-7-2-3-9-16(15)19/h2-12,21H,13H2,1H3,(H,25,26). The number of fused-ring (bicyclic) bond motifs is 2. The van der Waals surface area contributed by atoms with Gasteiger partial charge in [0.15, 0.2) is 18.2 Å². The average molecular weight is 386 g/mol. The van der Waals surface area contributed by atoms with Gasteiger partial charge in [-0.1, -0.05) is 60.7 Å². The molecular weight excluding hydrogens is 368 g/mol. The summed E-state index contributed by atoms with van der Waals surface area (Å²) in [6, 6.07) is 20.0. The number of amides is 1. The predicted octanol–water partition coefficient (Wildman–Crippen LogP) is 3.41. The van der Waals surface area contributed by atoms with E-state index in [2.05, 4.69) is 10.5 Å². The fourth-order valence-corrected chi connectivity index (χ4v) is 3.43. The number of hydrogen-bond acceptors (Lipinski definition) is 5. The van der Waals surface area contributed by atoms with Crippen LogP contribution in [0.2, 0.25) is 0 Å². The molecule has 6 heteroatoms. The van der Waals surface area contributed by atoms with Gasteiger partial charge in [-0.25, -0.2) is 5.43 Å². The lowest BCUT2D eigenvalue weighted by Crippen LogP contribution is -2.29. The number of nitrogens with zero attached hydrogens (tertiary/aromatic N) is 1. The number of rotatable bonds is 5. The molecule has 1 aliphatic rings. The second-order valence-electron chi connectivity index (χ2n) is 6.76. The molecule has 144 valence electrons. The number of carbonyl (C=O) groups is 3. The average Bonchev–Trinajstić information content (AvgIpc) is 3.01. The predicted molar refractivity (Wildman–Crippen MR) is 109 cm³/mol. The molecule has 0 aromatic heterocycles. The zero-order chi connectivity index (χ0) is 20.4. The van der Waals surface area contributed by atoms with Gasteiger partial charge in [-0.2, -0.15) is 5.10 Å². The van der Waals surface area contributed by atoms with Crippen molar-refractivity contribution in [3.63, 3.8) is 0 Å². The molecular formula is C23H18N2O4. The van der Waals surface area contributed by atoms with Crippen molar-refractivity contribution in [3.05, 3.63) is 77.9 Å². The molecule has 0 aliphatic heterocycles. The number of hydrazone groups is 1. The van der Waals surface area contributed by atoms with Gasteiger partial charge in [0, 0.05) is 16.5 Å². The Labute approximate surface area is 167 Å². The summed E-state index contributed by atoms with van der Waals surface area (Å²) in [6.45, 7) is 1.32. The summed E-state index contributed by atoms with van der Waals surface area (Å²) in [5.74, 6) is -1.48. The Morgan fingerprint density at radius 1 is 0.931 bits per heavy atom. The van der Waals surface area contributed by atoms with Crippen LogP contribution in [0.3, 0.4) is 0 Å². The third kappa shape index (κ3) is 3.52. The number of ether oxygens (including phenoxy) is 1. The number of nitrogens with one attached hydrogen (secondary N) is 1. The van der Waals surface area contributed by atoms with E-state index in [4.69, 9.17) is 4.74 Å². The van der Waals surface area contributed by atoms with Crippen LogP contribution in [0.1, 0.15) is 27.6 Å². The highest BCUT2D eigenvalue weighted by Crippen LogP contribution is 2.27.